The van der Waals surface area contributed by atoms with Crippen LogP contribution < -0.4 is 5.32 Å². The van der Waals surface area contributed by atoms with Gasteiger partial charge in [0.15, 0.2) is 0 Å². The fourth-order valence-corrected chi connectivity index (χ4v) is 2.92. The Labute approximate surface area is 98.6 Å². The maximum atomic E-state index is 11.8. The molecule has 16 heavy (non-hydrogen) atoms. The summed E-state index contributed by atoms with van der Waals surface area (Å²) >= 11 is 0. The van der Waals surface area contributed by atoms with Gasteiger partial charge in [-0.25, -0.2) is 0 Å². The van der Waals surface area contributed by atoms with E-state index >= 15 is 0 Å². The summed E-state index contributed by atoms with van der Waals surface area (Å²) in [5, 5.41) is 3.20. The van der Waals surface area contributed by atoms with Crippen molar-refractivity contribution in [1.29, 1.82) is 0 Å². The maximum Gasteiger partial charge on any atom is 0.220 e. The van der Waals surface area contributed by atoms with E-state index in [1.54, 1.807) is 0 Å². The lowest BCUT2D eigenvalue weighted by molar-refractivity contribution is -0.123. The summed E-state index contributed by atoms with van der Waals surface area (Å²) in [7, 11) is 2.15. The number of likely N-dealkylation sites (tertiary alicyclic amines) is 1. The fourth-order valence-electron chi connectivity index (χ4n) is 2.92. The number of rotatable bonds is 3. The normalized spacial score (nSPS) is 24.8. The van der Waals surface area contributed by atoms with Gasteiger partial charge in [0.1, 0.15) is 0 Å². The summed E-state index contributed by atoms with van der Waals surface area (Å²) in [5.41, 5.74) is 0. The molecular weight excluding hydrogens is 200 g/mol. The van der Waals surface area contributed by atoms with Crippen molar-refractivity contribution < 1.29 is 4.79 Å². The largest absolute Gasteiger partial charge is 0.353 e. The highest BCUT2D eigenvalue weighted by molar-refractivity contribution is 5.76. The van der Waals surface area contributed by atoms with E-state index in [1.165, 1.54) is 25.7 Å². The molecule has 1 aliphatic carbocycles. The molecule has 0 aromatic rings. The third-order valence-electron chi connectivity index (χ3n) is 4.03. The zero-order valence-electron chi connectivity index (χ0n) is 10.4. The molecule has 0 spiro atoms. The van der Waals surface area contributed by atoms with E-state index in [9.17, 15) is 4.79 Å². The minimum absolute atomic E-state index is 0.293. The molecule has 1 saturated heterocycles. The highest BCUT2D eigenvalue weighted by Crippen LogP contribution is 2.27. The third-order valence-corrected chi connectivity index (χ3v) is 4.03. The van der Waals surface area contributed by atoms with Gasteiger partial charge in [-0.3, -0.25) is 4.79 Å². The van der Waals surface area contributed by atoms with E-state index in [-0.39, 0.29) is 0 Å². The van der Waals surface area contributed by atoms with Crippen LogP contribution in [0.15, 0.2) is 0 Å². The lowest BCUT2D eigenvalue weighted by Crippen LogP contribution is -2.43. The zero-order valence-corrected chi connectivity index (χ0v) is 10.4. The van der Waals surface area contributed by atoms with E-state index in [1.807, 2.05) is 0 Å². The molecule has 0 bridgehead atoms. The van der Waals surface area contributed by atoms with Crippen LogP contribution in [0.25, 0.3) is 0 Å². The monoisotopic (exact) mass is 224 g/mol. The van der Waals surface area contributed by atoms with E-state index in [0.717, 1.165) is 32.4 Å². The first-order chi connectivity index (χ1) is 7.74. The molecule has 0 aromatic heterocycles. The molecule has 2 aliphatic rings. The lowest BCUT2D eigenvalue weighted by atomic mass is 10.0. The van der Waals surface area contributed by atoms with Gasteiger partial charge in [0.25, 0.3) is 0 Å². The first-order valence-corrected chi connectivity index (χ1v) is 6.72. The van der Waals surface area contributed by atoms with E-state index in [0.29, 0.717) is 17.9 Å². The van der Waals surface area contributed by atoms with Crippen LogP contribution in [0, 0.1) is 5.92 Å². The SMILES string of the molecule is CN1CCC(NC(=O)CC2CCCC2)CC1. The van der Waals surface area contributed by atoms with Crippen molar-refractivity contribution in [2.75, 3.05) is 20.1 Å². The first kappa shape index (κ1) is 11.9. The highest BCUT2D eigenvalue weighted by Gasteiger charge is 2.22. The van der Waals surface area contributed by atoms with Crippen molar-refractivity contribution in [1.82, 2.24) is 10.2 Å². The summed E-state index contributed by atoms with van der Waals surface area (Å²) in [6.45, 7) is 2.24. The lowest BCUT2D eigenvalue weighted by Gasteiger charge is -2.29. The molecule has 0 atom stereocenters. The molecule has 3 nitrogen and oxygen atoms in total. The summed E-state index contributed by atoms with van der Waals surface area (Å²) in [6.07, 6.45) is 8.19. The molecule has 3 heteroatoms. The maximum absolute atomic E-state index is 11.8. The van der Waals surface area contributed by atoms with Crippen LogP contribution in [0.5, 0.6) is 0 Å². The van der Waals surface area contributed by atoms with E-state index in [4.69, 9.17) is 0 Å². The second kappa shape index (κ2) is 5.67. The van der Waals surface area contributed by atoms with Crippen molar-refractivity contribution in [2.45, 2.75) is 51.0 Å². The molecule has 1 saturated carbocycles. The molecule has 2 rings (SSSR count). The Balaban J connectivity index is 1.66. The molecule has 1 amide bonds. The first-order valence-electron chi connectivity index (χ1n) is 6.72. The summed E-state index contributed by atoms with van der Waals surface area (Å²) in [6, 6.07) is 0.435. The molecule has 0 aromatic carbocycles. The van der Waals surface area contributed by atoms with Crippen LogP contribution in [-0.2, 0) is 4.79 Å². The van der Waals surface area contributed by atoms with Gasteiger partial charge in [0.05, 0.1) is 0 Å². The van der Waals surface area contributed by atoms with Gasteiger partial charge in [-0.1, -0.05) is 12.8 Å². The minimum Gasteiger partial charge on any atom is -0.353 e. The Morgan fingerprint density at radius 1 is 1.19 bits per heavy atom. The fraction of sp³-hybridized carbons (Fsp3) is 0.923. The van der Waals surface area contributed by atoms with Crippen LogP contribution in [0.2, 0.25) is 0 Å². The predicted molar refractivity (Wildman–Crippen MR) is 65.2 cm³/mol. The molecule has 92 valence electrons. The molecule has 1 N–H and O–H groups in total. The van der Waals surface area contributed by atoms with Crippen molar-refractivity contribution in [3.63, 3.8) is 0 Å². The zero-order chi connectivity index (χ0) is 11.4. The Morgan fingerprint density at radius 2 is 1.81 bits per heavy atom. The number of hydrogen-bond donors (Lipinski definition) is 1. The Bertz CT molecular complexity index is 228. The topological polar surface area (TPSA) is 32.3 Å². The van der Waals surface area contributed by atoms with Crippen molar-refractivity contribution in [3.8, 4) is 0 Å². The van der Waals surface area contributed by atoms with Gasteiger partial charge in [-0.05, 0) is 51.7 Å². The van der Waals surface area contributed by atoms with Gasteiger partial charge in [0, 0.05) is 12.5 Å². The average molecular weight is 224 g/mol. The van der Waals surface area contributed by atoms with Crippen LogP contribution in [0.3, 0.4) is 0 Å². The van der Waals surface area contributed by atoms with Gasteiger partial charge < -0.3 is 10.2 Å². The minimum atomic E-state index is 0.293. The number of nitrogens with zero attached hydrogens (tertiary/aromatic N) is 1. The van der Waals surface area contributed by atoms with E-state index < -0.39 is 0 Å². The Kier molecular flexibility index (Phi) is 4.22. The van der Waals surface area contributed by atoms with Crippen LogP contribution in [0.4, 0.5) is 0 Å². The van der Waals surface area contributed by atoms with Crippen LogP contribution >= 0.6 is 0 Å². The molecule has 0 unspecified atom stereocenters. The molecule has 1 heterocycles. The van der Waals surface area contributed by atoms with Gasteiger partial charge in [0.2, 0.25) is 5.91 Å². The number of carbonyl (C=O) groups excluding carboxylic acids is 1. The Morgan fingerprint density at radius 3 is 2.44 bits per heavy atom. The molecular formula is C13H24N2O. The summed E-state index contributed by atoms with van der Waals surface area (Å²) in [5.74, 6) is 0.965. The average Bonchev–Trinajstić information content (AvgIpc) is 2.74. The van der Waals surface area contributed by atoms with Gasteiger partial charge in [-0.15, -0.1) is 0 Å². The number of carbonyl (C=O) groups is 1. The highest BCUT2D eigenvalue weighted by atomic mass is 16.1. The quantitative estimate of drug-likeness (QED) is 0.792. The van der Waals surface area contributed by atoms with Gasteiger partial charge >= 0.3 is 0 Å². The summed E-state index contributed by atoms with van der Waals surface area (Å²) < 4.78 is 0. The van der Waals surface area contributed by atoms with Gasteiger partial charge in [-0.2, -0.15) is 0 Å². The van der Waals surface area contributed by atoms with Crippen molar-refractivity contribution >= 4 is 5.91 Å². The number of amides is 1. The molecule has 2 fully saturated rings. The standard InChI is InChI=1S/C13H24N2O/c1-15-8-6-12(7-9-15)14-13(16)10-11-4-2-3-5-11/h11-12H,2-10H2,1H3,(H,14,16). The second-order valence-corrected chi connectivity index (χ2v) is 5.50. The third kappa shape index (κ3) is 3.48. The van der Waals surface area contributed by atoms with Crippen molar-refractivity contribution in [3.05, 3.63) is 0 Å². The van der Waals surface area contributed by atoms with Crippen molar-refractivity contribution in [2.24, 2.45) is 5.92 Å². The molecule has 0 radical (unpaired) electrons. The number of piperidine rings is 1. The van der Waals surface area contributed by atoms with Crippen LogP contribution in [-0.4, -0.2) is 37.0 Å². The van der Waals surface area contributed by atoms with E-state index in [2.05, 4.69) is 17.3 Å². The summed E-state index contributed by atoms with van der Waals surface area (Å²) in [4.78, 5) is 14.2. The smallest absolute Gasteiger partial charge is 0.220 e. The second-order valence-electron chi connectivity index (χ2n) is 5.50. The number of nitrogens with one attached hydrogen (secondary N) is 1. The van der Waals surface area contributed by atoms with Crippen LogP contribution in [0.1, 0.15) is 44.9 Å². The predicted octanol–water partition coefficient (Wildman–Crippen LogP) is 1.78. The number of hydrogen-bond acceptors (Lipinski definition) is 2. The molecule has 1 aliphatic heterocycles. The Hall–Kier alpha value is -0.570.